The summed E-state index contributed by atoms with van der Waals surface area (Å²) in [5.41, 5.74) is 5.73. The average molecular weight is 407 g/mol. The molecule has 0 heterocycles. The van der Waals surface area contributed by atoms with Crippen molar-refractivity contribution in [2.45, 2.75) is 25.4 Å². The highest BCUT2D eigenvalue weighted by Gasteiger charge is 2.34. The number of rotatable bonds is 8. The molecule has 1 aliphatic rings. The molecule has 0 atom stereocenters. The van der Waals surface area contributed by atoms with Gasteiger partial charge in [0, 0.05) is 22.2 Å². The lowest BCUT2D eigenvalue weighted by atomic mass is 10.1. The van der Waals surface area contributed by atoms with Gasteiger partial charge in [0.25, 0.3) is 11.8 Å². The van der Waals surface area contributed by atoms with Gasteiger partial charge in [0.15, 0.2) is 18.1 Å². The summed E-state index contributed by atoms with van der Waals surface area (Å²) < 4.78 is 24.7. The number of nitrogens with zero attached hydrogens (tertiary/aromatic N) is 1. The van der Waals surface area contributed by atoms with Crippen LogP contribution in [0.15, 0.2) is 36.4 Å². The molecule has 3 rings (SSSR count). The SMILES string of the molecule is COc1cc(C(=O)N(Cc2c(F)cccc2Cl)C2CC2)ccc1OCC(N)=O. The predicted octanol–water partition coefficient (Wildman–Crippen LogP) is 3.16. The number of ether oxygens (including phenoxy) is 2. The molecule has 1 fully saturated rings. The van der Waals surface area contributed by atoms with Crippen LogP contribution in [0.1, 0.15) is 28.8 Å². The van der Waals surface area contributed by atoms with Crippen molar-refractivity contribution in [2.24, 2.45) is 5.73 Å². The van der Waals surface area contributed by atoms with Crippen LogP contribution in [0.25, 0.3) is 0 Å². The molecule has 1 saturated carbocycles. The van der Waals surface area contributed by atoms with Crippen molar-refractivity contribution in [3.8, 4) is 11.5 Å². The topological polar surface area (TPSA) is 81.9 Å². The fourth-order valence-corrected chi connectivity index (χ4v) is 3.06. The number of hydrogen-bond acceptors (Lipinski definition) is 4. The van der Waals surface area contributed by atoms with Crippen LogP contribution in [0.3, 0.4) is 0 Å². The van der Waals surface area contributed by atoms with E-state index >= 15 is 0 Å². The quantitative estimate of drug-likeness (QED) is 0.730. The third kappa shape index (κ3) is 4.54. The lowest BCUT2D eigenvalue weighted by Gasteiger charge is -2.24. The first-order valence-electron chi connectivity index (χ1n) is 8.73. The second-order valence-corrected chi connectivity index (χ2v) is 6.89. The molecule has 0 radical (unpaired) electrons. The van der Waals surface area contributed by atoms with Crippen LogP contribution < -0.4 is 15.2 Å². The van der Waals surface area contributed by atoms with E-state index in [-0.39, 0.29) is 35.7 Å². The van der Waals surface area contributed by atoms with Gasteiger partial charge in [0.1, 0.15) is 5.82 Å². The molecule has 148 valence electrons. The Morgan fingerprint density at radius 1 is 1.25 bits per heavy atom. The van der Waals surface area contributed by atoms with Crippen molar-refractivity contribution < 1.29 is 23.5 Å². The highest BCUT2D eigenvalue weighted by molar-refractivity contribution is 6.31. The fraction of sp³-hybridized carbons (Fsp3) is 0.300. The zero-order valence-corrected chi connectivity index (χ0v) is 16.0. The summed E-state index contributed by atoms with van der Waals surface area (Å²) in [4.78, 5) is 25.6. The molecule has 2 N–H and O–H groups in total. The Balaban J connectivity index is 1.84. The second kappa shape index (κ2) is 8.48. The van der Waals surface area contributed by atoms with Crippen LogP contribution in [-0.2, 0) is 11.3 Å². The fourth-order valence-electron chi connectivity index (χ4n) is 2.84. The number of carbonyl (C=O) groups is 2. The Bertz CT molecular complexity index is 882. The summed E-state index contributed by atoms with van der Waals surface area (Å²) in [6.45, 7) is -0.221. The van der Waals surface area contributed by atoms with Crippen LogP contribution in [-0.4, -0.2) is 36.5 Å². The Kier molecular flexibility index (Phi) is 6.04. The van der Waals surface area contributed by atoms with Crippen LogP contribution in [0.4, 0.5) is 4.39 Å². The molecule has 2 aromatic carbocycles. The van der Waals surface area contributed by atoms with Crippen molar-refractivity contribution in [2.75, 3.05) is 13.7 Å². The molecule has 0 bridgehead atoms. The second-order valence-electron chi connectivity index (χ2n) is 6.49. The molecular formula is C20H20ClFN2O4. The standard InChI is InChI=1S/C20H20ClFN2O4/c1-27-18-9-12(5-8-17(18)28-11-19(23)25)20(26)24(13-6-7-13)10-14-15(21)3-2-4-16(14)22/h2-5,8-9,13H,6-7,10-11H2,1H3,(H2,23,25). The van der Waals surface area contributed by atoms with E-state index in [0.29, 0.717) is 17.1 Å². The lowest BCUT2D eigenvalue weighted by molar-refractivity contribution is -0.119. The van der Waals surface area contributed by atoms with Gasteiger partial charge < -0.3 is 20.1 Å². The maximum absolute atomic E-state index is 14.2. The Hall–Kier alpha value is -2.80. The number of benzene rings is 2. The number of amides is 2. The monoisotopic (exact) mass is 406 g/mol. The summed E-state index contributed by atoms with van der Waals surface area (Å²) in [6, 6.07) is 9.13. The minimum atomic E-state index is -0.621. The van der Waals surface area contributed by atoms with Gasteiger partial charge in [-0.15, -0.1) is 0 Å². The molecule has 2 amide bonds. The third-order valence-corrected chi connectivity index (χ3v) is 4.77. The lowest BCUT2D eigenvalue weighted by Crippen LogP contribution is -2.33. The maximum atomic E-state index is 14.2. The summed E-state index contributed by atoms with van der Waals surface area (Å²) in [6.07, 6.45) is 1.71. The van der Waals surface area contributed by atoms with Crippen molar-refractivity contribution in [3.05, 3.63) is 58.4 Å². The first kappa shape index (κ1) is 19.9. The van der Waals surface area contributed by atoms with E-state index in [0.717, 1.165) is 12.8 Å². The zero-order chi connectivity index (χ0) is 20.3. The van der Waals surface area contributed by atoms with E-state index in [9.17, 15) is 14.0 Å². The van der Waals surface area contributed by atoms with Gasteiger partial charge in [0.2, 0.25) is 0 Å². The van der Waals surface area contributed by atoms with Crippen LogP contribution in [0.2, 0.25) is 5.02 Å². The molecule has 0 aromatic heterocycles. The van der Waals surface area contributed by atoms with E-state index in [2.05, 4.69) is 0 Å². The first-order chi connectivity index (χ1) is 13.4. The molecule has 1 aliphatic carbocycles. The van der Waals surface area contributed by atoms with E-state index in [4.69, 9.17) is 26.8 Å². The van der Waals surface area contributed by atoms with Gasteiger partial charge >= 0.3 is 0 Å². The normalized spacial score (nSPS) is 13.1. The van der Waals surface area contributed by atoms with Crippen LogP contribution in [0, 0.1) is 5.82 Å². The molecule has 2 aromatic rings. The highest BCUT2D eigenvalue weighted by Crippen LogP contribution is 2.34. The molecule has 28 heavy (non-hydrogen) atoms. The Morgan fingerprint density at radius 2 is 2.00 bits per heavy atom. The third-order valence-electron chi connectivity index (χ3n) is 4.42. The predicted molar refractivity (Wildman–Crippen MR) is 102 cm³/mol. The summed E-state index contributed by atoms with van der Waals surface area (Å²) in [5.74, 6) is -0.732. The summed E-state index contributed by atoms with van der Waals surface area (Å²) >= 11 is 6.13. The first-order valence-corrected chi connectivity index (χ1v) is 9.11. The highest BCUT2D eigenvalue weighted by atomic mass is 35.5. The summed E-state index contributed by atoms with van der Waals surface area (Å²) in [5, 5.41) is 0.284. The van der Waals surface area contributed by atoms with Crippen LogP contribution in [0.5, 0.6) is 11.5 Å². The number of halogens is 2. The Labute approximate surface area is 167 Å². The van der Waals surface area contributed by atoms with Gasteiger partial charge in [-0.3, -0.25) is 9.59 Å². The maximum Gasteiger partial charge on any atom is 0.255 e. The van der Waals surface area contributed by atoms with E-state index in [1.807, 2.05) is 0 Å². The van der Waals surface area contributed by atoms with Crippen molar-refractivity contribution in [3.63, 3.8) is 0 Å². The Morgan fingerprint density at radius 3 is 2.61 bits per heavy atom. The molecule has 0 unspecified atom stereocenters. The summed E-state index contributed by atoms with van der Waals surface area (Å²) in [7, 11) is 1.43. The van der Waals surface area contributed by atoms with Gasteiger partial charge in [-0.1, -0.05) is 17.7 Å². The number of nitrogens with two attached hydrogens (primary N) is 1. The zero-order valence-electron chi connectivity index (χ0n) is 15.3. The van der Waals surface area contributed by atoms with Crippen molar-refractivity contribution in [1.29, 1.82) is 0 Å². The number of primary amides is 1. The average Bonchev–Trinajstić information content (AvgIpc) is 3.50. The molecular weight excluding hydrogens is 387 g/mol. The molecule has 6 nitrogen and oxygen atoms in total. The van der Waals surface area contributed by atoms with E-state index in [1.54, 1.807) is 17.0 Å². The van der Waals surface area contributed by atoms with Crippen LogP contribution >= 0.6 is 11.6 Å². The number of hydrogen-bond donors (Lipinski definition) is 1. The van der Waals surface area contributed by atoms with Gasteiger partial charge in [-0.05, 0) is 43.2 Å². The molecule has 0 aliphatic heterocycles. The van der Waals surface area contributed by atoms with E-state index in [1.165, 1.54) is 31.4 Å². The van der Waals surface area contributed by atoms with Gasteiger partial charge in [-0.25, -0.2) is 4.39 Å². The number of methoxy groups -OCH3 is 1. The molecule has 8 heteroatoms. The van der Waals surface area contributed by atoms with Gasteiger partial charge in [-0.2, -0.15) is 0 Å². The largest absolute Gasteiger partial charge is 0.493 e. The van der Waals surface area contributed by atoms with E-state index < -0.39 is 11.7 Å². The minimum Gasteiger partial charge on any atom is -0.493 e. The molecule has 0 spiro atoms. The van der Waals surface area contributed by atoms with Crippen molar-refractivity contribution >= 4 is 23.4 Å². The molecule has 0 saturated heterocycles. The van der Waals surface area contributed by atoms with Crippen molar-refractivity contribution in [1.82, 2.24) is 4.90 Å². The van der Waals surface area contributed by atoms with Gasteiger partial charge in [0.05, 0.1) is 13.7 Å². The smallest absolute Gasteiger partial charge is 0.255 e. The number of carbonyl (C=O) groups excluding carboxylic acids is 2. The minimum absolute atomic E-state index is 0.0416.